The second-order valence-electron chi connectivity index (χ2n) is 5.41. The molecule has 0 radical (unpaired) electrons. The fourth-order valence-corrected chi connectivity index (χ4v) is 3.20. The van der Waals surface area contributed by atoms with Gasteiger partial charge >= 0.3 is 0 Å². The third-order valence-corrected chi connectivity index (χ3v) is 4.79. The van der Waals surface area contributed by atoms with E-state index in [-0.39, 0.29) is 5.91 Å². The Morgan fingerprint density at radius 3 is 2.62 bits per heavy atom. The van der Waals surface area contributed by atoms with Crippen molar-refractivity contribution in [2.24, 2.45) is 11.7 Å². The zero-order valence-electron chi connectivity index (χ0n) is 11.7. The molecule has 0 aromatic heterocycles. The molecule has 1 aliphatic rings. The van der Waals surface area contributed by atoms with E-state index in [2.05, 4.69) is 17.1 Å². The van der Waals surface area contributed by atoms with Crippen molar-refractivity contribution in [2.45, 2.75) is 19.4 Å². The van der Waals surface area contributed by atoms with Gasteiger partial charge in [-0.05, 0) is 37.9 Å². The Morgan fingerprint density at radius 2 is 2.00 bits per heavy atom. The van der Waals surface area contributed by atoms with Crippen molar-refractivity contribution in [3.05, 3.63) is 27.2 Å². The summed E-state index contributed by atoms with van der Waals surface area (Å²) in [6.45, 7) is 3.92. The van der Waals surface area contributed by atoms with Gasteiger partial charge in [0.2, 0.25) is 5.91 Å². The highest BCUT2D eigenvalue weighted by atomic mass is 35.5. The van der Waals surface area contributed by atoms with Crippen LogP contribution in [0.15, 0.2) is 12.1 Å². The molecule has 21 heavy (non-hydrogen) atoms. The second kappa shape index (κ2) is 7.16. The minimum atomic E-state index is -0.125. The Morgan fingerprint density at radius 1 is 1.33 bits per heavy atom. The molecule has 0 bridgehead atoms. The molecule has 1 aromatic rings. The van der Waals surface area contributed by atoms with Crippen LogP contribution in [0.3, 0.4) is 0 Å². The smallest absolute Gasteiger partial charge is 0.238 e. The first-order valence-electron chi connectivity index (χ1n) is 6.79. The van der Waals surface area contributed by atoms with E-state index in [1.54, 1.807) is 6.07 Å². The predicted molar refractivity (Wildman–Crippen MR) is 88.3 cm³/mol. The molecular formula is C14H18Cl3N3O. The van der Waals surface area contributed by atoms with Crippen LogP contribution in [0.4, 0.5) is 5.69 Å². The number of nitrogens with one attached hydrogen (secondary N) is 1. The maximum absolute atomic E-state index is 12.1. The average molecular weight is 351 g/mol. The van der Waals surface area contributed by atoms with Gasteiger partial charge in [0.25, 0.3) is 0 Å². The number of benzene rings is 1. The van der Waals surface area contributed by atoms with E-state index in [0.717, 1.165) is 13.0 Å². The lowest BCUT2D eigenvalue weighted by molar-refractivity contribution is -0.117. The summed E-state index contributed by atoms with van der Waals surface area (Å²) in [6, 6.07) is 3.43. The largest absolute Gasteiger partial charge is 0.330 e. The summed E-state index contributed by atoms with van der Waals surface area (Å²) in [5, 5.41) is 3.85. The monoisotopic (exact) mass is 349 g/mol. The molecule has 2 unspecified atom stereocenters. The molecule has 1 heterocycles. The van der Waals surface area contributed by atoms with Crippen LogP contribution >= 0.6 is 34.8 Å². The lowest BCUT2D eigenvalue weighted by atomic mass is 10.1. The number of anilines is 1. The standard InChI is InChI=1S/C14H18Cl3N3O/c1-8-2-9(5-18)6-20(8)7-14(21)19-13-4-11(16)10(15)3-12(13)17/h3-4,8-9H,2,5-7,18H2,1H3,(H,19,21). The van der Waals surface area contributed by atoms with E-state index in [1.165, 1.54) is 6.07 Å². The van der Waals surface area contributed by atoms with Crippen LogP contribution in [0.2, 0.25) is 15.1 Å². The molecule has 0 saturated carbocycles. The number of halogens is 3. The van der Waals surface area contributed by atoms with Crippen molar-refractivity contribution in [3.63, 3.8) is 0 Å². The Balaban J connectivity index is 1.98. The van der Waals surface area contributed by atoms with Crippen LogP contribution in [0.1, 0.15) is 13.3 Å². The zero-order valence-corrected chi connectivity index (χ0v) is 14.0. The normalized spacial score (nSPS) is 22.5. The fourth-order valence-electron chi connectivity index (χ4n) is 2.60. The fraction of sp³-hybridized carbons (Fsp3) is 0.500. The molecule has 116 valence electrons. The molecule has 7 heteroatoms. The van der Waals surface area contributed by atoms with Gasteiger partial charge in [0.1, 0.15) is 0 Å². The van der Waals surface area contributed by atoms with Crippen LogP contribution in [0, 0.1) is 5.92 Å². The molecule has 1 saturated heterocycles. The van der Waals surface area contributed by atoms with Gasteiger partial charge < -0.3 is 11.1 Å². The molecule has 2 rings (SSSR count). The molecule has 1 fully saturated rings. The number of hydrogen-bond donors (Lipinski definition) is 2. The summed E-state index contributed by atoms with van der Waals surface area (Å²) in [5.41, 5.74) is 6.16. The molecule has 4 nitrogen and oxygen atoms in total. The van der Waals surface area contributed by atoms with Crippen molar-refractivity contribution >= 4 is 46.4 Å². The lowest BCUT2D eigenvalue weighted by Gasteiger charge is -2.20. The number of carbonyl (C=O) groups excluding carboxylic acids is 1. The number of likely N-dealkylation sites (tertiary alicyclic amines) is 1. The maximum Gasteiger partial charge on any atom is 0.238 e. The number of carbonyl (C=O) groups is 1. The summed E-state index contributed by atoms with van der Waals surface area (Å²) in [4.78, 5) is 14.3. The first kappa shape index (κ1) is 16.8. The van der Waals surface area contributed by atoms with Gasteiger partial charge in [-0.25, -0.2) is 0 Å². The van der Waals surface area contributed by atoms with Gasteiger partial charge in [-0.3, -0.25) is 9.69 Å². The minimum absolute atomic E-state index is 0.125. The third-order valence-electron chi connectivity index (χ3n) is 3.75. The SMILES string of the molecule is CC1CC(CN)CN1CC(=O)Nc1cc(Cl)c(Cl)cc1Cl. The summed E-state index contributed by atoms with van der Waals surface area (Å²) in [5.74, 6) is 0.334. The molecule has 2 atom stereocenters. The Bertz CT molecular complexity index is 538. The molecule has 1 aromatic carbocycles. The van der Waals surface area contributed by atoms with Gasteiger partial charge in [-0.15, -0.1) is 0 Å². The zero-order chi connectivity index (χ0) is 15.6. The van der Waals surface area contributed by atoms with Crippen molar-refractivity contribution in [3.8, 4) is 0 Å². The van der Waals surface area contributed by atoms with E-state index < -0.39 is 0 Å². The molecule has 0 spiro atoms. The highest BCUT2D eigenvalue weighted by Gasteiger charge is 2.29. The van der Waals surface area contributed by atoms with Crippen molar-refractivity contribution in [1.82, 2.24) is 4.90 Å². The summed E-state index contributed by atoms with van der Waals surface area (Å²) < 4.78 is 0. The van der Waals surface area contributed by atoms with E-state index >= 15 is 0 Å². The van der Waals surface area contributed by atoms with Gasteiger partial charge in [0.15, 0.2) is 0 Å². The van der Waals surface area contributed by atoms with Crippen molar-refractivity contribution in [1.29, 1.82) is 0 Å². The molecule has 1 amide bonds. The first-order chi connectivity index (χ1) is 9.90. The maximum atomic E-state index is 12.1. The highest BCUT2D eigenvalue weighted by Crippen LogP contribution is 2.32. The Labute approximate surface area is 139 Å². The number of hydrogen-bond acceptors (Lipinski definition) is 3. The average Bonchev–Trinajstić information content (AvgIpc) is 2.76. The first-order valence-corrected chi connectivity index (χ1v) is 7.92. The molecular weight excluding hydrogens is 333 g/mol. The van der Waals surface area contributed by atoms with Crippen LogP contribution in [-0.4, -0.2) is 36.5 Å². The molecule has 1 aliphatic heterocycles. The topological polar surface area (TPSA) is 58.4 Å². The van der Waals surface area contributed by atoms with Crippen LogP contribution in [-0.2, 0) is 4.79 Å². The van der Waals surface area contributed by atoms with Crippen molar-refractivity contribution in [2.75, 3.05) is 25.0 Å². The quantitative estimate of drug-likeness (QED) is 0.820. The summed E-state index contributed by atoms with van der Waals surface area (Å²) in [7, 11) is 0. The van der Waals surface area contributed by atoms with Gasteiger partial charge in [0.05, 0.1) is 27.3 Å². The summed E-state index contributed by atoms with van der Waals surface area (Å²) >= 11 is 17.8. The second-order valence-corrected chi connectivity index (χ2v) is 6.63. The van der Waals surface area contributed by atoms with Crippen LogP contribution < -0.4 is 11.1 Å². The Hall–Kier alpha value is -0.520. The van der Waals surface area contributed by atoms with Crippen LogP contribution in [0.25, 0.3) is 0 Å². The molecule has 0 aliphatic carbocycles. The van der Waals surface area contributed by atoms with E-state index in [4.69, 9.17) is 40.5 Å². The summed E-state index contributed by atoms with van der Waals surface area (Å²) in [6.07, 6.45) is 1.03. The van der Waals surface area contributed by atoms with Gasteiger partial charge in [0, 0.05) is 12.6 Å². The number of nitrogens with zero attached hydrogens (tertiary/aromatic N) is 1. The molecule has 3 N–H and O–H groups in total. The third kappa shape index (κ3) is 4.24. The lowest BCUT2D eigenvalue weighted by Crippen LogP contribution is -2.36. The van der Waals surface area contributed by atoms with Gasteiger partial charge in [-0.1, -0.05) is 34.8 Å². The number of nitrogens with two attached hydrogens (primary N) is 1. The van der Waals surface area contributed by atoms with E-state index in [1.807, 2.05) is 0 Å². The minimum Gasteiger partial charge on any atom is -0.330 e. The van der Waals surface area contributed by atoms with Crippen molar-refractivity contribution < 1.29 is 4.79 Å². The Kier molecular flexibility index (Phi) is 5.74. The number of rotatable bonds is 4. The van der Waals surface area contributed by atoms with E-state index in [0.29, 0.717) is 45.8 Å². The number of amides is 1. The predicted octanol–water partition coefficient (Wildman–Crippen LogP) is 3.25. The van der Waals surface area contributed by atoms with Crippen LogP contribution in [0.5, 0.6) is 0 Å². The highest BCUT2D eigenvalue weighted by molar-refractivity contribution is 6.44. The van der Waals surface area contributed by atoms with Gasteiger partial charge in [-0.2, -0.15) is 0 Å². The van der Waals surface area contributed by atoms with E-state index in [9.17, 15) is 4.79 Å².